The van der Waals surface area contributed by atoms with Crippen LogP contribution < -0.4 is 4.74 Å². The number of phenolic OH excluding ortho intramolecular Hbond substituents is 2. The van der Waals surface area contributed by atoms with Gasteiger partial charge in [-0.25, -0.2) is 9.97 Å². The van der Waals surface area contributed by atoms with E-state index in [0.717, 1.165) is 77.2 Å². The first kappa shape index (κ1) is 37.8. The summed E-state index contributed by atoms with van der Waals surface area (Å²) in [5.74, 6) is 2.88. The molecule has 0 saturated heterocycles. The molecular weight excluding hydrogens is 801 g/mol. The van der Waals surface area contributed by atoms with E-state index in [4.69, 9.17) is 14.7 Å². The smallest absolute Gasteiger partial charge is 0.149 e. The molecule has 0 saturated carbocycles. The first-order valence-electron chi connectivity index (χ1n) is 21.5. The van der Waals surface area contributed by atoms with Gasteiger partial charge in [0.1, 0.15) is 34.6 Å². The van der Waals surface area contributed by atoms with Gasteiger partial charge in [-0.3, -0.25) is 9.13 Å². The monoisotopic (exact) mass is 838 g/mol. The molecule has 10 aromatic carbocycles. The van der Waals surface area contributed by atoms with Crippen LogP contribution in [0.3, 0.4) is 0 Å². The Hall–Kier alpha value is -8.94. The largest absolute Gasteiger partial charge is 0.507 e. The van der Waals surface area contributed by atoms with E-state index in [2.05, 4.69) is 81.9 Å². The van der Waals surface area contributed by atoms with Crippen LogP contribution in [0.5, 0.6) is 23.0 Å². The second-order valence-corrected chi connectivity index (χ2v) is 16.1. The third-order valence-corrected chi connectivity index (χ3v) is 12.2. The van der Waals surface area contributed by atoms with Crippen molar-refractivity contribution < 1.29 is 14.9 Å². The number of para-hydroxylation sites is 1. The molecule has 0 fully saturated rings. The fourth-order valence-electron chi connectivity index (χ4n) is 9.18. The highest BCUT2D eigenvalue weighted by Gasteiger charge is 2.25. The van der Waals surface area contributed by atoms with Gasteiger partial charge in [-0.15, -0.1) is 0 Å². The molecule has 0 atom stereocenters. The van der Waals surface area contributed by atoms with Gasteiger partial charge < -0.3 is 14.9 Å². The van der Waals surface area contributed by atoms with E-state index in [9.17, 15) is 10.2 Å². The van der Waals surface area contributed by atoms with E-state index >= 15 is 0 Å². The van der Waals surface area contributed by atoms with E-state index in [1.54, 1.807) is 6.07 Å². The van der Waals surface area contributed by atoms with E-state index in [1.807, 2.05) is 140 Å². The predicted molar refractivity (Wildman–Crippen MR) is 262 cm³/mol. The summed E-state index contributed by atoms with van der Waals surface area (Å²) in [6.45, 7) is 0. The number of aromatic nitrogens is 4. The number of ether oxygens (including phenoxy) is 1. The lowest BCUT2D eigenvalue weighted by molar-refractivity contribution is 0.476. The van der Waals surface area contributed by atoms with Crippen LogP contribution in [-0.2, 0) is 0 Å². The summed E-state index contributed by atoms with van der Waals surface area (Å²) < 4.78 is 10.8. The lowest BCUT2D eigenvalue weighted by Crippen LogP contribution is -2.01. The Bertz CT molecular complexity index is 3750. The predicted octanol–water partition coefficient (Wildman–Crippen LogP) is 14.5. The highest BCUT2D eigenvalue weighted by molar-refractivity contribution is 6.24. The lowest BCUT2D eigenvalue weighted by atomic mass is 10.00. The summed E-state index contributed by atoms with van der Waals surface area (Å²) in [7, 11) is 0. The third kappa shape index (κ3) is 6.45. The first-order valence-corrected chi connectivity index (χ1v) is 21.5. The van der Waals surface area contributed by atoms with Gasteiger partial charge >= 0.3 is 0 Å². The quantitative estimate of drug-likeness (QED) is 0.149. The molecule has 308 valence electrons. The number of hydrogen-bond donors (Lipinski definition) is 2. The molecule has 0 spiro atoms. The summed E-state index contributed by atoms with van der Waals surface area (Å²) in [5, 5.41) is 29.1. The molecule has 0 amide bonds. The SMILES string of the molecule is Oc1ccccc1-c1nc(-c2ccccc2)c(-c2ccccc2)n1-c1ccc(Oc2ccc(-n3c(-c4cc5ccccc5cc4O)nc4c5ccccc5c5ccccc5c43)cc2)cc1. The number of fused-ring (bicyclic) bond motifs is 7. The zero-order chi connectivity index (χ0) is 43.4. The second kappa shape index (κ2) is 15.4. The van der Waals surface area contributed by atoms with Gasteiger partial charge in [-0.2, -0.15) is 0 Å². The molecule has 2 N–H and O–H groups in total. The summed E-state index contributed by atoms with van der Waals surface area (Å²) >= 11 is 0. The maximum Gasteiger partial charge on any atom is 0.149 e. The van der Waals surface area contributed by atoms with Gasteiger partial charge in [-0.1, -0.05) is 146 Å². The van der Waals surface area contributed by atoms with Crippen molar-refractivity contribution in [3.63, 3.8) is 0 Å². The molecule has 0 aliphatic heterocycles. The zero-order valence-corrected chi connectivity index (χ0v) is 34.9. The minimum Gasteiger partial charge on any atom is -0.507 e. The molecule has 0 aliphatic rings. The molecule has 2 heterocycles. The summed E-state index contributed by atoms with van der Waals surface area (Å²) in [5.41, 5.74) is 8.49. The normalized spacial score (nSPS) is 11.5. The third-order valence-electron chi connectivity index (χ3n) is 12.2. The minimum absolute atomic E-state index is 0.146. The highest BCUT2D eigenvalue weighted by atomic mass is 16.5. The fraction of sp³-hybridized carbons (Fsp3) is 0. The topological polar surface area (TPSA) is 85.3 Å². The average Bonchev–Trinajstić information content (AvgIpc) is 3.96. The molecular formula is C58H38N4O3. The lowest BCUT2D eigenvalue weighted by Gasteiger charge is -2.15. The summed E-state index contributed by atoms with van der Waals surface area (Å²) in [6.07, 6.45) is 0. The van der Waals surface area contributed by atoms with Gasteiger partial charge in [0.25, 0.3) is 0 Å². The van der Waals surface area contributed by atoms with Crippen molar-refractivity contribution in [2.45, 2.75) is 0 Å². The van der Waals surface area contributed by atoms with E-state index in [-0.39, 0.29) is 11.5 Å². The van der Waals surface area contributed by atoms with Gasteiger partial charge in [0.05, 0.1) is 33.5 Å². The first-order chi connectivity index (χ1) is 32.1. The van der Waals surface area contributed by atoms with Crippen LogP contribution in [0.4, 0.5) is 0 Å². The molecule has 0 unspecified atom stereocenters. The van der Waals surface area contributed by atoms with Crippen LogP contribution in [0.15, 0.2) is 218 Å². The maximum absolute atomic E-state index is 11.6. The van der Waals surface area contributed by atoms with Crippen LogP contribution >= 0.6 is 0 Å². The van der Waals surface area contributed by atoms with Crippen molar-refractivity contribution in [1.82, 2.24) is 19.1 Å². The molecule has 7 heteroatoms. The van der Waals surface area contributed by atoms with Crippen molar-refractivity contribution in [3.05, 3.63) is 218 Å². The Morgan fingerprint density at radius 1 is 0.385 bits per heavy atom. The maximum atomic E-state index is 11.6. The number of imidazole rings is 2. The Morgan fingerprint density at radius 2 is 0.892 bits per heavy atom. The second-order valence-electron chi connectivity index (χ2n) is 16.1. The number of nitrogens with zero attached hydrogens (tertiary/aromatic N) is 4. The number of benzene rings is 10. The fourth-order valence-corrected chi connectivity index (χ4v) is 9.18. The Labute approximate surface area is 374 Å². The summed E-state index contributed by atoms with van der Waals surface area (Å²) in [6, 6.07) is 72.3. The average molecular weight is 839 g/mol. The van der Waals surface area contributed by atoms with E-state index < -0.39 is 0 Å². The standard InChI is InChI=1S/C58H38N4O3/c63-51-26-14-13-25-49(51)57-59-53(37-15-3-1-4-16-37)55(38-17-5-2-6-18-38)61(57)41-27-31-43(32-28-41)65-44-33-29-42(30-34-44)62-56-48-24-12-10-22-46(48)45-21-9-11-23-47(45)54(56)60-58(62)50-35-39-19-7-8-20-40(39)36-52(50)64/h1-36,63-64H. The van der Waals surface area contributed by atoms with Crippen LogP contribution in [0.25, 0.3) is 100 Å². The van der Waals surface area contributed by atoms with Crippen molar-refractivity contribution in [2.75, 3.05) is 0 Å². The molecule has 65 heavy (non-hydrogen) atoms. The van der Waals surface area contributed by atoms with Crippen molar-refractivity contribution in [1.29, 1.82) is 0 Å². The number of phenols is 2. The van der Waals surface area contributed by atoms with Crippen molar-refractivity contribution in [2.24, 2.45) is 0 Å². The highest BCUT2D eigenvalue weighted by Crippen LogP contribution is 2.44. The molecule has 2 aromatic heterocycles. The van der Waals surface area contributed by atoms with Crippen LogP contribution in [0.1, 0.15) is 0 Å². The van der Waals surface area contributed by atoms with Crippen LogP contribution in [-0.4, -0.2) is 29.3 Å². The van der Waals surface area contributed by atoms with Gasteiger partial charge in [0.15, 0.2) is 0 Å². The Kier molecular flexibility index (Phi) is 8.98. The zero-order valence-electron chi connectivity index (χ0n) is 34.9. The Balaban J connectivity index is 0.959. The van der Waals surface area contributed by atoms with Gasteiger partial charge in [0, 0.05) is 33.3 Å². The van der Waals surface area contributed by atoms with E-state index in [1.165, 1.54) is 0 Å². The molecule has 12 aromatic rings. The molecule has 12 rings (SSSR count). The number of rotatable bonds is 8. The number of aromatic hydroxyl groups is 2. The molecule has 0 radical (unpaired) electrons. The van der Waals surface area contributed by atoms with E-state index in [0.29, 0.717) is 34.3 Å². The molecule has 7 nitrogen and oxygen atoms in total. The van der Waals surface area contributed by atoms with Gasteiger partial charge in [-0.05, 0) is 94.3 Å². The minimum atomic E-state index is 0.146. The number of hydrogen-bond acceptors (Lipinski definition) is 5. The van der Waals surface area contributed by atoms with Crippen LogP contribution in [0, 0.1) is 0 Å². The van der Waals surface area contributed by atoms with Crippen molar-refractivity contribution >= 4 is 43.4 Å². The summed E-state index contributed by atoms with van der Waals surface area (Å²) in [4.78, 5) is 10.6. The van der Waals surface area contributed by atoms with Crippen molar-refractivity contribution in [3.8, 4) is 79.7 Å². The Morgan fingerprint density at radius 3 is 1.55 bits per heavy atom. The van der Waals surface area contributed by atoms with Gasteiger partial charge in [0.2, 0.25) is 0 Å². The molecule has 0 bridgehead atoms. The molecule has 0 aliphatic carbocycles. The van der Waals surface area contributed by atoms with Crippen LogP contribution in [0.2, 0.25) is 0 Å².